The number of piperidine rings is 1. The second-order valence-corrected chi connectivity index (χ2v) is 9.44. The molecule has 0 saturated carbocycles. The van der Waals surface area contributed by atoms with Crippen LogP contribution in [0.2, 0.25) is 0 Å². The number of carbonyl (C=O) groups is 3. The number of nitrogens with zero attached hydrogens (tertiary/aromatic N) is 1. The number of carboxylic acid groups (broad SMARTS) is 1. The lowest BCUT2D eigenvalue weighted by Gasteiger charge is -2.40. The Balaban J connectivity index is 1.56. The Hall–Kier alpha value is -2.32. The van der Waals surface area contributed by atoms with Crippen LogP contribution in [0.4, 0.5) is 0 Å². The molecule has 2 aliphatic heterocycles. The number of rotatable bonds is 5. The molecule has 8 heteroatoms. The lowest BCUT2D eigenvalue weighted by molar-refractivity contribution is -0.156. The van der Waals surface area contributed by atoms with E-state index < -0.39 is 23.3 Å². The van der Waals surface area contributed by atoms with E-state index in [1.165, 1.54) is 4.90 Å². The van der Waals surface area contributed by atoms with E-state index in [2.05, 4.69) is 17.9 Å². The number of fused-ring (bicyclic) bond motifs is 3. The van der Waals surface area contributed by atoms with Crippen LogP contribution in [0.3, 0.4) is 0 Å². The molecule has 1 fully saturated rings. The number of carbonyl (C=O) groups excluding carboxylic acids is 2. The molecule has 30 heavy (non-hydrogen) atoms. The van der Waals surface area contributed by atoms with E-state index in [4.69, 9.17) is 0 Å². The Morgan fingerprint density at radius 1 is 1.23 bits per heavy atom. The van der Waals surface area contributed by atoms with Gasteiger partial charge in [0.2, 0.25) is 11.8 Å². The molecule has 2 amide bonds. The van der Waals surface area contributed by atoms with Crippen LogP contribution in [-0.2, 0) is 27.2 Å². The van der Waals surface area contributed by atoms with E-state index in [1.54, 1.807) is 11.3 Å². The van der Waals surface area contributed by atoms with Crippen molar-refractivity contribution in [2.24, 2.45) is 0 Å². The lowest BCUT2D eigenvalue weighted by atomic mass is 9.91. The van der Waals surface area contributed by atoms with E-state index in [-0.39, 0.29) is 17.9 Å². The van der Waals surface area contributed by atoms with Crippen molar-refractivity contribution in [2.75, 3.05) is 0 Å². The van der Waals surface area contributed by atoms with Gasteiger partial charge in [-0.05, 0) is 48.3 Å². The summed E-state index contributed by atoms with van der Waals surface area (Å²) >= 11 is 6.00. The highest BCUT2D eigenvalue weighted by atomic mass is 32.1. The first-order chi connectivity index (χ1) is 14.5. The fraction of sp³-hybridized carbons (Fsp3) is 0.409. The summed E-state index contributed by atoms with van der Waals surface area (Å²) in [6, 6.07) is 9.67. The molecule has 0 bridgehead atoms. The molecule has 0 unspecified atom stereocenters. The van der Waals surface area contributed by atoms with Gasteiger partial charge in [-0.25, -0.2) is 4.79 Å². The lowest BCUT2D eigenvalue weighted by Crippen LogP contribution is -2.56. The highest BCUT2D eigenvalue weighted by Gasteiger charge is 2.45. The fourth-order valence-corrected chi connectivity index (χ4v) is 5.70. The molecule has 4 rings (SSSR count). The van der Waals surface area contributed by atoms with Crippen LogP contribution >= 0.6 is 24.0 Å². The highest BCUT2D eigenvalue weighted by Crippen LogP contribution is 2.41. The van der Waals surface area contributed by atoms with Crippen molar-refractivity contribution in [1.82, 2.24) is 10.2 Å². The summed E-state index contributed by atoms with van der Waals surface area (Å²) in [5.41, 5.74) is 2.00. The molecule has 2 N–H and O–H groups in total. The molecule has 158 valence electrons. The smallest absolute Gasteiger partial charge is 0.326 e. The number of benzene rings is 1. The van der Waals surface area contributed by atoms with Gasteiger partial charge in [-0.15, -0.1) is 11.3 Å². The molecule has 2 aromatic rings. The molecule has 0 radical (unpaired) electrons. The molecular weight excluding hydrogens is 420 g/mol. The summed E-state index contributed by atoms with van der Waals surface area (Å²) in [5.74, 6) is -1.63. The number of amides is 2. The van der Waals surface area contributed by atoms with Crippen LogP contribution in [0.1, 0.15) is 41.3 Å². The Kier molecular flexibility index (Phi) is 6.15. The third-order valence-electron chi connectivity index (χ3n) is 5.88. The quantitative estimate of drug-likeness (QED) is 0.619. The molecular formula is C22H24N2O4S2. The number of hydrogen-bond donors (Lipinski definition) is 3. The van der Waals surface area contributed by atoms with Gasteiger partial charge in [0.05, 0.1) is 11.3 Å². The Labute approximate surface area is 184 Å². The zero-order valence-corrected chi connectivity index (χ0v) is 18.1. The fourth-order valence-electron chi connectivity index (χ4n) is 4.43. The van der Waals surface area contributed by atoms with Crippen LogP contribution in [0, 0.1) is 0 Å². The predicted octanol–water partition coefficient (Wildman–Crippen LogP) is 2.84. The van der Waals surface area contributed by atoms with Crippen molar-refractivity contribution >= 4 is 41.7 Å². The summed E-state index contributed by atoms with van der Waals surface area (Å²) < 4.78 is 0. The third kappa shape index (κ3) is 4.11. The van der Waals surface area contributed by atoms with Crippen molar-refractivity contribution < 1.29 is 19.5 Å². The van der Waals surface area contributed by atoms with E-state index in [9.17, 15) is 19.5 Å². The van der Waals surface area contributed by atoms with Gasteiger partial charge in [0.25, 0.3) is 0 Å². The standard InChI is InChI=1S/C22H24N2O4S2/c25-20(18(29)11-13-5-2-1-3-6-13)23-15-12-19-14(9-10-30-19)16-7-4-8-17(22(27)28)24(16)21(15)26/h1-3,5-6,9-10,15-18,29H,4,7-8,11-12H2,(H,23,25)(H,27,28)/t15-,16+,17-,18+/m0/s1. The minimum absolute atomic E-state index is 0.244. The molecule has 3 heterocycles. The molecule has 1 aromatic carbocycles. The minimum atomic E-state index is -0.993. The van der Waals surface area contributed by atoms with Crippen molar-refractivity contribution in [1.29, 1.82) is 0 Å². The van der Waals surface area contributed by atoms with Crippen molar-refractivity contribution in [3.63, 3.8) is 0 Å². The van der Waals surface area contributed by atoms with Gasteiger partial charge in [0.1, 0.15) is 12.1 Å². The normalized spacial score (nSPS) is 24.4. The van der Waals surface area contributed by atoms with Gasteiger partial charge in [-0.1, -0.05) is 30.3 Å². The second kappa shape index (κ2) is 8.81. The molecule has 1 aromatic heterocycles. The van der Waals surface area contributed by atoms with E-state index in [0.29, 0.717) is 19.3 Å². The van der Waals surface area contributed by atoms with Gasteiger partial charge in [-0.3, -0.25) is 9.59 Å². The summed E-state index contributed by atoms with van der Waals surface area (Å²) in [6.45, 7) is 0. The maximum Gasteiger partial charge on any atom is 0.326 e. The second-order valence-electron chi connectivity index (χ2n) is 7.82. The van der Waals surface area contributed by atoms with E-state index in [0.717, 1.165) is 28.8 Å². The number of hydrogen-bond acceptors (Lipinski definition) is 5. The molecule has 1 saturated heterocycles. The van der Waals surface area contributed by atoms with Gasteiger partial charge in [0, 0.05) is 11.3 Å². The number of aliphatic carboxylic acids is 1. The largest absolute Gasteiger partial charge is 0.480 e. The Bertz CT molecular complexity index is 946. The first-order valence-electron chi connectivity index (χ1n) is 10.1. The van der Waals surface area contributed by atoms with E-state index >= 15 is 0 Å². The van der Waals surface area contributed by atoms with Gasteiger partial charge < -0.3 is 15.3 Å². The Morgan fingerprint density at radius 2 is 2.00 bits per heavy atom. The first kappa shape index (κ1) is 20.9. The van der Waals surface area contributed by atoms with E-state index in [1.807, 2.05) is 41.8 Å². The SMILES string of the molecule is O=C(N[C@H]1Cc2sccc2[C@H]2CCC[C@@H](C(=O)O)N2C1=O)[C@H](S)Cc1ccccc1. The molecule has 2 aliphatic rings. The zero-order chi connectivity index (χ0) is 21.3. The van der Waals surface area contributed by atoms with Crippen molar-refractivity contribution in [2.45, 2.75) is 55.5 Å². The molecule has 4 atom stereocenters. The first-order valence-corrected chi connectivity index (χ1v) is 11.5. The summed E-state index contributed by atoms with van der Waals surface area (Å²) in [4.78, 5) is 40.6. The summed E-state index contributed by atoms with van der Waals surface area (Å²) in [5, 5.41) is 13.9. The maximum atomic E-state index is 13.4. The van der Waals surface area contributed by atoms with Gasteiger partial charge in [0.15, 0.2) is 0 Å². The average Bonchev–Trinajstić information content (AvgIpc) is 3.16. The number of thiophene rings is 1. The zero-order valence-electron chi connectivity index (χ0n) is 16.4. The monoisotopic (exact) mass is 444 g/mol. The number of thiol groups is 1. The van der Waals surface area contributed by atoms with Crippen molar-refractivity contribution in [3.05, 3.63) is 57.8 Å². The summed E-state index contributed by atoms with van der Waals surface area (Å²) in [7, 11) is 0. The van der Waals surface area contributed by atoms with Crippen molar-refractivity contribution in [3.8, 4) is 0 Å². The Morgan fingerprint density at radius 3 is 2.73 bits per heavy atom. The van der Waals surface area contributed by atoms with Gasteiger partial charge in [-0.2, -0.15) is 12.6 Å². The minimum Gasteiger partial charge on any atom is -0.480 e. The average molecular weight is 445 g/mol. The van der Waals surface area contributed by atoms with Gasteiger partial charge >= 0.3 is 5.97 Å². The predicted molar refractivity (Wildman–Crippen MR) is 118 cm³/mol. The maximum absolute atomic E-state index is 13.4. The third-order valence-corrected chi connectivity index (χ3v) is 7.26. The molecule has 0 aliphatic carbocycles. The topological polar surface area (TPSA) is 86.7 Å². The highest BCUT2D eigenvalue weighted by molar-refractivity contribution is 7.81. The van der Waals surface area contributed by atoms with Crippen LogP contribution in [0.5, 0.6) is 0 Å². The molecule has 0 spiro atoms. The van der Waals surface area contributed by atoms with Crippen LogP contribution in [-0.4, -0.2) is 45.1 Å². The number of nitrogens with one attached hydrogen (secondary N) is 1. The van der Waals surface area contributed by atoms with Crippen LogP contribution in [0.25, 0.3) is 0 Å². The summed E-state index contributed by atoms with van der Waals surface area (Å²) in [6.07, 6.45) is 2.76. The molecule has 6 nitrogen and oxygen atoms in total. The van der Waals surface area contributed by atoms with Crippen LogP contribution < -0.4 is 5.32 Å². The number of carboxylic acids is 1. The van der Waals surface area contributed by atoms with Crippen LogP contribution in [0.15, 0.2) is 41.8 Å².